The van der Waals surface area contributed by atoms with Gasteiger partial charge in [-0.2, -0.15) is 0 Å². The predicted octanol–water partition coefficient (Wildman–Crippen LogP) is 15.5. The van der Waals surface area contributed by atoms with Crippen LogP contribution >= 0.6 is 0 Å². The van der Waals surface area contributed by atoms with Gasteiger partial charge in [0.25, 0.3) is 0 Å². The molecule has 6 heteroatoms. The van der Waals surface area contributed by atoms with Crippen LogP contribution < -0.4 is 0 Å². The Kier molecular flexibility index (Phi) is 5.57. The first kappa shape index (κ1) is 30.9. The van der Waals surface area contributed by atoms with Crippen LogP contribution in [0.25, 0.3) is 143 Å². The molecule has 0 aliphatic heterocycles. The van der Waals surface area contributed by atoms with Gasteiger partial charge < -0.3 is 26.8 Å². The zero-order valence-electron chi connectivity index (χ0n) is 31.7. The van der Waals surface area contributed by atoms with E-state index >= 15 is 0 Å². The van der Waals surface area contributed by atoms with Crippen LogP contribution in [-0.4, -0.2) is 9.13 Å². The molecule has 0 atom stereocenters. The van der Waals surface area contributed by atoms with Crippen LogP contribution in [0.4, 0.5) is 0 Å². The van der Waals surface area contributed by atoms with Gasteiger partial charge in [0, 0.05) is 59.9 Å². The molecular weight excluding hydrogens is 741 g/mol. The van der Waals surface area contributed by atoms with E-state index in [4.69, 9.17) is 17.7 Å². The number of hydrogen-bond acceptors (Lipinski definition) is 4. The second kappa shape index (κ2) is 10.8. The first-order valence-electron chi connectivity index (χ1n) is 20.2. The maximum atomic E-state index is 6.88. The minimum atomic E-state index is 0.825. The van der Waals surface area contributed by atoms with E-state index in [1.165, 1.54) is 0 Å². The lowest BCUT2D eigenvalue weighted by Crippen LogP contribution is -1.93. The van der Waals surface area contributed by atoms with E-state index in [2.05, 4.69) is 149 Å². The first-order chi connectivity index (χ1) is 29.7. The Balaban J connectivity index is 0.949. The predicted molar refractivity (Wildman–Crippen MR) is 244 cm³/mol. The van der Waals surface area contributed by atoms with Crippen molar-refractivity contribution in [3.8, 4) is 11.4 Å². The van der Waals surface area contributed by atoms with E-state index in [1.54, 1.807) is 0 Å². The van der Waals surface area contributed by atoms with Crippen LogP contribution in [0, 0.1) is 0 Å². The van der Waals surface area contributed by atoms with Gasteiger partial charge in [-0.25, -0.2) is 0 Å². The van der Waals surface area contributed by atoms with Crippen molar-refractivity contribution in [2.24, 2.45) is 0 Å². The van der Waals surface area contributed by atoms with Crippen molar-refractivity contribution in [1.82, 2.24) is 9.13 Å². The third-order valence-corrected chi connectivity index (χ3v) is 12.9. The Morgan fingerprint density at radius 1 is 0.250 bits per heavy atom. The van der Waals surface area contributed by atoms with E-state index in [0.717, 1.165) is 143 Å². The van der Waals surface area contributed by atoms with E-state index in [1.807, 2.05) is 30.3 Å². The van der Waals surface area contributed by atoms with Crippen LogP contribution in [0.3, 0.4) is 0 Å². The molecule has 0 radical (unpaired) electrons. The van der Waals surface area contributed by atoms with Gasteiger partial charge in [-0.1, -0.05) is 72.8 Å². The Morgan fingerprint density at radius 3 is 1.25 bits per heavy atom. The van der Waals surface area contributed by atoms with Crippen LogP contribution in [0.15, 0.2) is 188 Å². The van der Waals surface area contributed by atoms with E-state index in [0.29, 0.717) is 0 Å². The number of aromatic nitrogens is 2. The number of furan rings is 4. The molecule has 15 rings (SSSR count). The SMILES string of the molecule is c1ccc2c(c1)oc1c2ccc2c1c1ccccc1n2-c1ccc2oc3c(ccc4c3c3ccccc3n4-c3ccc4oc5c(ccc6oc7ccccc7c65)c4c3)c2c1. The zero-order chi connectivity index (χ0) is 38.8. The molecule has 0 bridgehead atoms. The van der Waals surface area contributed by atoms with E-state index < -0.39 is 0 Å². The fourth-order valence-corrected chi connectivity index (χ4v) is 10.4. The molecule has 278 valence electrons. The number of hydrogen-bond donors (Lipinski definition) is 0. The fourth-order valence-electron chi connectivity index (χ4n) is 10.4. The molecule has 0 amide bonds. The van der Waals surface area contributed by atoms with Crippen molar-refractivity contribution in [3.05, 3.63) is 170 Å². The second-order valence-corrected chi connectivity index (χ2v) is 16.0. The van der Waals surface area contributed by atoms with Gasteiger partial charge in [-0.15, -0.1) is 0 Å². The van der Waals surface area contributed by atoms with Crippen molar-refractivity contribution in [2.45, 2.75) is 0 Å². The zero-order valence-corrected chi connectivity index (χ0v) is 31.7. The van der Waals surface area contributed by atoms with Gasteiger partial charge in [0.1, 0.15) is 44.7 Å². The maximum absolute atomic E-state index is 6.88. The average molecular weight is 769 g/mol. The molecule has 9 aromatic carbocycles. The molecule has 0 saturated heterocycles. The highest BCUT2D eigenvalue weighted by Crippen LogP contribution is 2.45. The molecule has 6 heterocycles. The molecule has 0 aliphatic carbocycles. The van der Waals surface area contributed by atoms with Crippen molar-refractivity contribution < 1.29 is 17.7 Å². The highest BCUT2D eigenvalue weighted by Gasteiger charge is 2.23. The molecule has 6 aromatic heterocycles. The Bertz CT molecular complexity index is 4370. The third kappa shape index (κ3) is 3.79. The lowest BCUT2D eigenvalue weighted by atomic mass is 10.1. The van der Waals surface area contributed by atoms with E-state index in [-0.39, 0.29) is 0 Å². The smallest absolute Gasteiger partial charge is 0.147 e. The number of benzene rings is 9. The maximum Gasteiger partial charge on any atom is 0.147 e. The second-order valence-electron chi connectivity index (χ2n) is 16.0. The number of para-hydroxylation sites is 4. The third-order valence-electron chi connectivity index (χ3n) is 12.9. The largest absolute Gasteiger partial charge is 0.456 e. The topological polar surface area (TPSA) is 62.4 Å². The summed E-state index contributed by atoms with van der Waals surface area (Å²) < 4.78 is 31.0. The van der Waals surface area contributed by atoms with Gasteiger partial charge in [0.15, 0.2) is 0 Å². The summed E-state index contributed by atoms with van der Waals surface area (Å²) in [4.78, 5) is 0. The standard InChI is InChI=1S/C54H28N2O4/c1-5-13-40-35(10-1)49-42(22-19-32-31-9-3-7-15-44(31)58-52(32)49)55(40)29-17-24-46-38(27-29)33-20-23-43-50(53(33)59-46)36-11-2-6-14-41(36)56(43)30-18-25-47-39(28-30)34-21-26-48-51(54(34)60-47)37-12-4-8-16-45(37)57-48/h1-28H. The molecule has 60 heavy (non-hydrogen) atoms. The summed E-state index contributed by atoms with van der Waals surface area (Å²) in [5.41, 5.74) is 13.5. The minimum Gasteiger partial charge on any atom is -0.456 e. The molecule has 0 fully saturated rings. The highest BCUT2D eigenvalue weighted by atomic mass is 16.3. The molecular formula is C54H28N2O4. The number of nitrogens with zero attached hydrogens (tertiary/aromatic N) is 2. The summed E-state index contributed by atoms with van der Waals surface area (Å²) in [6.45, 7) is 0. The summed E-state index contributed by atoms with van der Waals surface area (Å²) in [5.74, 6) is 0. The lowest BCUT2D eigenvalue weighted by molar-refractivity contribution is 0.662. The summed E-state index contributed by atoms with van der Waals surface area (Å²) in [6, 6.07) is 59.8. The van der Waals surface area contributed by atoms with Gasteiger partial charge in [0.2, 0.25) is 0 Å². The summed E-state index contributed by atoms with van der Waals surface area (Å²) in [7, 11) is 0. The molecule has 6 nitrogen and oxygen atoms in total. The van der Waals surface area contributed by atoms with Crippen molar-refractivity contribution >= 4 is 131 Å². The normalized spacial score (nSPS) is 12.7. The van der Waals surface area contributed by atoms with Crippen molar-refractivity contribution in [2.75, 3.05) is 0 Å². The highest BCUT2D eigenvalue weighted by molar-refractivity contribution is 6.26. The number of fused-ring (bicyclic) bond motifs is 21. The first-order valence-corrected chi connectivity index (χ1v) is 20.2. The fraction of sp³-hybridized carbons (Fsp3) is 0. The van der Waals surface area contributed by atoms with Crippen LogP contribution in [-0.2, 0) is 0 Å². The molecule has 0 unspecified atom stereocenters. The van der Waals surface area contributed by atoms with Crippen molar-refractivity contribution in [3.63, 3.8) is 0 Å². The monoisotopic (exact) mass is 768 g/mol. The Labute approximate surface area is 338 Å². The molecule has 0 saturated carbocycles. The van der Waals surface area contributed by atoms with E-state index in [9.17, 15) is 0 Å². The molecule has 0 N–H and O–H groups in total. The number of rotatable bonds is 2. The average Bonchev–Trinajstić information content (AvgIpc) is 4.14. The molecule has 15 aromatic rings. The molecule has 0 aliphatic rings. The Hall–Kier alpha value is -8.22. The molecule has 0 spiro atoms. The summed E-state index contributed by atoms with van der Waals surface area (Å²) in [6.07, 6.45) is 0. The van der Waals surface area contributed by atoms with Crippen LogP contribution in [0.2, 0.25) is 0 Å². The minimum absolute atomic E-state index is 0.825. The quantitative estimate of drug-likeness (QED) is 0.176. The lowest BCUT2D eigenvalue weighted by Gasteiger charge is -2.08. The van der Waals surface area contributed by atoms with Crippen LogP contribution in [0.5, 0.6) is 0 Å². The van der Waals surface area contributed by atoms with Crippen LogP contribution in [0.1, 0.15) is 0 Å². The summed E-state index contributed by atoms with van der Waals surface area (Å²) >= 11 is 0. The Morgan fingerprint density at radius 2 is 0.667 bits per heavy atom. The summed E-state index contributed by atoms with van der Waals surface area (Å²) in [5, 5.41) is 13.1. The van der Waals surface area contributed by atoms with Gasteiger partial charge in [-0.3, -0.25) is 0 Å². The van der Waals surface area contributed by atoms with Gasteiger partial charge in [0.05, 0.1) is 38.2 Å². The van der Waals surface area contributed by atoms with Gasteiger partial charge >= 0.3 is 0 Å². The van der Waals surface area contributed by atoms with Gasteiger partial charge in [-0.05, 0) is 97.1 Å². The van der Waals surface area contributed by atoms with Crippen molar-refractivity contribution in [1.29, 1.82) is 0 Å².